The lowest BCUT2D eigenvalue weighted by Crippen LogP contribution is -2.32. The third-order valence-electron chi connectivity index (χ3n) is 3.35. The Kier molecular flexibility index (Phi) is 6.52. The van der Waals surface area contributed by atoms with E-state index in [1.54, 1.807) is 0 Å². The van der Waals surface area contributed by atoms with E-state index in [9.17, 15) is 4.79 Å². The maximum Gasteiger partial charge on any atom is 0.304 e. The van der Waals surface area contributed by atoms with E-state index in [0.29, 0.717) is 6.54 Å². The van der Waals surface area contributed by atoms with E-state index >= 15 is 0 Å². The van der Waals surface area contributed by atoms with E-state index in [-0.39, 0.29) is 6.42 Å². The van der Waals surface area contributed by atoms with Crippen LogP contribution in [0, 0.1) is 5.92 Å². The van der Waals surface area contributed by atoms with Gasteiger partial charge in [0, 0.05) is 19.6 Å². The van der Waals surface area contributed by atoms with Gasteiger partial charge < -0.3 is 14.9 Å². The standard InChI is InChI=1S/C13H26N2O2/c1-12(2)4-8-14-6-3-7-15(11-10-14)9-5-13(16)17/h12H,3-11H2,1-2H3,(H,16,17). The highest BCUT2D eigenvalue weighted by atomic mass is 16.4. The van der Waals surface area contributed by atoms with Crippen molar-refractivity contribution in [3.63, 3.8) is 0 Å². The average molecular weight is 242 g/mol. The van der Waals surface area contributed by atoms with Crippen molar-refractivity contribution in [1.82, 2.24) is 9.80 Å². The predicted molar refractivity (Wildman–Crippen MR) is 69.2 cm³/mol. The fourth-order valence-electron chi connectivity index (χ4n) is 2.17. The van der Waals surface area contributed by atoms with Crippen molar-refractivity contribution >= 4 is 5.97 Å². The van der Waals surface area contributed by atoms with Gasteiger partial charge in [-0.25, -0.2) is 0 Å². The molecule has 0 aromatic heterocycles. The van der Waals surface area contributed by atoms with Crippen molar-refractivity contribution in [2.75, 3.05) is 39.3 Å². The molecule has 0 atom stereocenters. The smallest absolute Gasteiger partial charge is 0.304 e. The first kappa shape index (κ1) is 14.5. The molecule has 0 aliphatic carbocycles. The Morgan fingerprint density at radius 1 is 1.12 bits per heavy atom. The zero-order valence-electron chi connectivity index (χ0n) is 11.2. The van der Waals surface area contributed by atoms with Crippen LogP contribution in [0.25, 0.3) is 0 Å². The van der Waals surface area contributed by atoms with Crippen LogP contribution in [0.3, 0.4) is 0 Å². The largest absolute Gasteiger partial charge is 0.481 e. The van der Waals surface area contributed by atoms with Gasteiger partial charge >= 0.3 is 5.97 Å². The van der Waals surface area contributed by atoms with Gasteiger partial charge in [0.2, 0.25) is 0 Å². The van der Waals surface area contributed by atoms with Crippen LogP contribution >= 0.6 is 0 Å². The van der Waals surface area contributed by atoms with E-state index in [1.807, 2.05) is 0 Å². The molecular formula is C13H26N2O2. The van der Waals surface area contributed by atoms with Gasteiger partial charge in [0.05, 0.1) is 6.42 Å². The summed E-state index contributed by atoms with van der Waals surface area (Å²) in [6.45, 7) is 10.7. The Morgan fingerprint density at radius 2 is 1.71 bits per heavy atom. The van der Waals surface area contributed by atoms with E-state index in [1.165, 1.54) is 13.0 Å². The van der Waals surface area contributed by atoms with Crippen LogP contribution in [-0.2, 0) is 4.79 Å². The van der Waals surface area contributed by atoms with Gasteiger partial charge in [-0.3, -0.25) is 4.79 Å². The molecule has 0 unspecified atom stereocenters. The minimum atomic E-state index is -0.689. The first-order valence-corrected chi connectivity index (χ1v) is 6.74. The molecule has 0 bridgehead atoms. The first-order chi connectivity index (χ1) is 8.08. The molecule has 1 heterocycles. The summed E-state index contributed by atoms with van der Waals surface area (Å²) >= 11 is 0. The summed E-state index contributed by atoms with van der Waals surface area (Å²) in [4.78, 5) is 15.3. The third kappa shape index (κ3) is 6.64. The van der Waals surface area contributed by atoms with Crippen molar-refractivity contribution in [2.45, 2.75) is 33.1 Å². The average Bonchev–Trinajstić information content (AvgIpc) is 2.48. The number of aliphatic carboxylic acids is 1. The topological polar surface area (TPSA) is 43.8 Å². The molecule has 0 aromatic rings. The Morgan fingerprint density at radius 3 is 2.24 bits per heavy atom. The molecule has 17 heavy (non-hydrogen) atoms. The summed E-state index contributed by atoms with van der Waals surface area (Å²) in [5.74, 6) is 0.0762. The molecule has 0 spiro atoms. The zero-order chi connectivity index (χ0) is 12.7. The van der Waals surface area contributed by atoms with Crippen molar-refractivity contribution in [3.8, 4) is 0 Å². The normalized spacial score (nSPS) is 19.5. The van der Waals surface area contributed by atoms with Crippen LogP contribution in [0.1, 0.15) is 33.1 Å². The predicted octanol–water partition coefficient (Wildman–Crippen LogP) is 1.51. The second-order valence-electron chi connectivity index (χ2n) is 5.36. The fourth-order valence-corrected chi connectivity index (χ4v) is 2.17. The molecule has 1 N–H and O–H groups in total. The summed E-state index contributed by atoms with van der Waals surface area (Å²) in [5, 5.41) is 8.67. The maximum atomic E-state index is 10.5. The Hall–Kier alpha value is -0.610. The molecule has 1 saturated heterocycles. The van der Waals surface area contributed by atoms with Gasteiger partial charge in [-0.1, -0.05) is 13.8 Å². The molecule has 0 aromatic carbocycles. The zero-order valence-corrected chi connectivity index (χ0v) is 11.2. The van der Waals surface area contributed by atoms with E-state index in [2.05, 4.69) is 23.6 Å². The lowest BCUT2D eigenvalue weighted by Gasteiger charge is -2.21. The van der Waals surface area contributed by atoms with E-state index in [0.717, 1.165) is 38.5 Å². The van der Waals surface area contributed by atoms with Gasteiger partial charge in [0.15, 0.2) is 0 Å². The molecule has 0 amide bonds. The molecule has 1 aliphatic heterocycles. The molecule has 0 saturated carbocycles. The monoisotopic (exact) mass is 242 g/mol. The Bertz CT molecular complexity index is 231. The molecular weight excluding hydrogens is 216 g/mol. The lowest BCUT2D eigenvalue weighted by molar-refractivity contribution is -0.137. The quantitative estimate of drug-likeness (QED) is 0.767. The van der Waals surface area contributed by atoms with Crippen molar-refractivity contribution in [2.24, 2.45) is 5.92 Å². The molecule has 1 rings (SSSR count). The van der Waals surface area contributed by atoms with Crippen molar-refractivity contribution in [3.05, 3.63) is 0 Å². The highest BCUT2D eigenvalue weighted by Gasteiger charge is 2.15. The van der Waals surface area contributed by atoms with Gasteiger partial charge in [-0.15, -0.1) is 0 Å². The lowest BCUT2D eigenvalue weighted by atomic mass is 10.1. The molecule has 1 fully saturated rings. The number of carboxylic acid groups (broad SMARTS) is 1. The van der Waals surface area contributed by atoms with Gasteiger partial charge in [0.1, 0.15) is 0 Å². The number of carboxylic acids is 1. The second-order valence-corrected chi connectivity index (χ2v) is 5.36. The number of hydrogen-bond acceptors (Lipinski definition) is 3. The van der Waals surface area contributed by atoms with E-state index in [4.69, 9.17) is 5.11 Å². The summed E-state index contributed by atoms with van der Waals surface area (Å²) in [6, 6.07) is 0. The first-order valence-electron chi connectivity index (χ1n) is 6.74. The van der Waals surface area contributed by atoms with Crippen LogP contribution < -0.4 is 0 Å². The number of hydrogen-bond donors (Lipinski definition) is 1. The van der Waals surface area contributed by atoms with Crippen LogP contribution in [0.4, 0.5) is 0 Å². The minimum Gasteiger partial charge on any atom is -0.481 e. The van der Waals surface area contributed by atoms with Crippen LogP contribution in [0.2, 0.25) is 0 Å². The fraction of sp³-hybridized carbons (Fsp3) is 0.923. The van der Waals surface area contributed by atoms with E-state index < -0.39 is 5.97 Å². The highest BCUT2D eigenvalue weighted by molar-refractivity contribution is 5.66. The van der Waals surface area contributed by atoms with Crippen LogP contribution in [0.5, 0.6) is 0 Å². The third-order valence-corrected chi connectivity index (χ3v) is 3.35. The maximum absolute atomic E-state index is 10.5. The van der Waals surface area contributed by atoms with Crippen molar-refractivity contribution in [1.29, 1.82) is 0 Å². The SMILES string of the molecule is CC(C)CCN1CCCN(CCC(=O)O)CC1. The van der Waals surface area contributed by atoms with Gasteiger partial charge in [-0.2, -0.15) is 0 Å². The second kappa shape index (κ2) is 7.67. The number of carbonyl (C=O) groups is 1. The number of nitrogens with zero attached hydrogens (tertiary/aromatic N) is 2. The molecule has 4 heteroatoms. The molecule has 1 aliphatic rings. The summed E-state index contributed by atoms with van der Waals surface area (Å²) in [7, 11) is 0. The Labute approximate surface area is 105 Å². The van der Waals surface area contributed by atoms with Gasteiger partial charge in [-0.05, 0) is 38.4 Å². The summed E-state index contributed by atoms with van der Waals surface area (Å²) < 4.78 is 0. The Balaban J connectivity index is 2.22. The molecule has 100 valence electrons. The van der Waals surface area contributed by atoms with Crippen LogP contribution in [0.15, 0.2) is 0 Å². The molecule has 0 radical (unpaired) electrons. The molecule has 4 nitrogen and oxygen atoms in total. The summed E-state index contributed by atoms with van der Waals surface area (Å²) in [5.41, 5.74) is 0. The van der Waals surface area contributed by atoms with Crippen LogP contribution in [-0.4, -0.2) is 60.1 Å². The highest BCUT2D eigenvalue weighted by Crippen LogP contribution is 2.07. The minimum absolute atomic E-state index is 0.270. The summed E-state index contributed by atoms with van der Waals surface area (Å²) in [6.07, 6.45) is 2.69. The van der Waals surface area contributed by atoms with Crippen molar-refractivity contribution < 1.29 is 9.90 Å². The number of rotatable bonds is 6. The van der Waals surface area contributed by atoms with Gasteiger partial charge in [0.25, 0.3) is 0 Å².